The molecule has 14 heteroatoms. The van der Waals surface area contributed by atoms with E-state index in [9.17, 15) is 24.0 Å². The van der Waals surface area contributed by atoms with Crippen LogP contribution < -0.4 is 21.9 Å². The zero-order valence-corrected chi connectivity index (χ0v) is 19.8. The minimum absolute atomic E-state index is 0.0270. The van der Waals surface area contributed by atoms with Crippen molar-refractivity contribution < 1.29 is 24.0 Å². The Morgan fingerprint density at radius 2 is 1.84 bits per heavy atom. The van der Waals surface area contributed by atoms with E-state index in [0.29, 0.717) is 22.0 Å². The number of imide groups is 1. The molecule has 37 heavy (non-hydrogen) atoms. The summed E-state index contributed by atoms with van der Waals surface area (Å²) < 4.78 is 0. The number of hydrogen-bond donors (Lipinski definition) is 4. The Hall–Kier alpha value is -4.88. The van der Waals surface area contributed by atoms with Crippen LogP contribution in [-0.2, 0) is 25.8 Å². The number of rotatable bonds is 9. The predicted octanol–water partition coefficient (Wildman–Crippen LogP) is 0.413. The van der Waals surface area contributed by atoms with E-state index in [1.165, 1.54) is 6.20 Å². The van der Waals surface area contributed by atoms with E-state index in [0.717, 1.165) is 0 Å². The first kappa shape index (κ1) is 25.2. The highest BCUT2D eigenvalue weighted by molar-refractivity contribution is 6.01. The number of hydrogen-bond acceptors (Lipinski definition) is 11. The first-order valence-electron chi connectivity index (χ1n) is 11.4. The van der Waals surface area contributed by atoms with Gasteiger partial charge in [0, 0.05) is 36.6 Å². The summed E-state index contributed by atoms with van der Waals surface area (Å²) in [6.45, 7) is 2.01. The van der Waals surface area contributed by atoms with Crippen LogP contribution in [-0.4, -0.2) is 54.7 Å². The zero-order chi connectivity index (χ0) is 26.5. The van der Waals surface area contributed by atoms with Crippen molar-refractivity contribution in [2.24, 2.45) is 0 Å². The van der Waals surface area contributed by atoms with Gasteiger partial charge in [-0.05, 0) is 37.6 Å². The SMILES string of the molecule is C[C@H](CCC(=O)ON1C(=O)CCC1=O)NC(=O)c1ccc(NCc2cnc3nc(N)[nH]c(=O)c3n2)cc1. The molecule has 1 saturated heterocycles. The average Bonchev–Trinajstić information content (AvgIpc) is 3.18. The van der Waals surface area contributed by atoms with Gasteiger partial charge in [-0.2, -0.15) is 4.98 Å². The van der Waals surface area contributed by atoms with Crippen LogP contribution in [0.25, 0.3) is 11.2 Å². The van der Waals surface area contributed by atoms with Crippen LogP contribution in [0.1, 0.15) is 48.7 Å². The number of nitrogens with one attached hydrogen (secondary N) is 3. The molecule has 3 amide bonds. The van der Waals surface area contributed by atoms with Crippen molar-refractivity contribution in [3.8, 4) is 0 Å². The van der Waals surface area contributed by atoms with Gasteiger partial charge in [0.15, 0.2) is 11.2 Å². The Morgan fingerprint density at radius 1 is 1.14 bits per heavy atom. The van der Waals surface area contributed by atoms with Crippen molar-refractivity contribution in [1.29, 1.82) is 0 Å². The summed E-state index contributed by atoms with van der Waals surface area (Å²) in [6, 6.07) is 6.33. The van der Waals surface area contributed by atoms with Crippen molar-refractivity contribution in [3.05, 3.63) is 52.1 Å². The van der Waals surface area contributed by atoms with E-state index in [1.54, 1.807) is 31.2 Å². The first-order chi connectivity index (χ1) is 17.7. The number of nitrogens with two attached hydrogens (primary N) is 1. The van der Waals surface area contributed by atoms with E-state index in [-0.39, 0.29) is 61.3 Å². The van der Waals surface area contributed by atoms with Gasteiger partial charge in [-0.1, -0.05) is 0 Å². The summed E-state index contributed by atoms with van der Waals surface area (Å²) in [5.74, 6) is -2.17. The highest BCUT2D eigenvalue weighted by Gasteiger charge is 2.32. The number of aromatic amines is 1. The number of hydroxylamine groups is 2. The third-order valence-electron chi connectivity index (χ3n) is 5.46. The lowest BCUT2D eigenvalue weighted by Crippen LogP contribution is -2.35. The number of nitrogens with zero attached hydrogens (tertiary/aromatic N) is 4. The lowest BCUT2D eigenvalue weighted by molar-refractivity contribution is -0.197. The monoisotopic (exact) mass is 508 g/mol. The second kappa shape index (κ2) is 10.8. The van der Waals surface area contributed by atoms with E-state index in [4.69, 9.17) is 10.6 Å². The highest BCUT2D eigenvalue weighted by Crippen LogP contribution is 2.14. The molecule has 1 aromatic carbocycles. The normalized spacial score (nSPS) is 14.0. The minimum atomic E-state index is -0.721. The number of benzene rings is 1. The lowest BCUT2D eigenvalue weighted by atomic mass is 10.1. The maximum atomic E-state index is 12.5. The molecule has 5 N–H and O–H groups in total. The first-order valence-corrected chi connectivity index (χ1v) is 11.4. The maximum absolute atomic E-state index is 12.5. The van der Waals surface area contributed by atoms with Gasteiger partial charge < -0.3 is 21.2 Å². The molecule has 2 aromatic heterocycles. The van der Waals surface area contributed by atoms with Crippen LogP contribution in [0.2, 0.25) is 0 Å². The Morgan fingerprint density at radius 3 is 2.54 bits per heavy atom. The van der Waals surface area contributed by atoms with E-state index >= 15 is 0 Å². The molecule has 14 nitrogen and oxygen atoms in total. The Kier molecular flexibility index (Phi) is 7.36. The number of H-pyrrole nitrogens is 1. The molecule has 192 valence electrons. The molecular weight excluding hydrogens is 484 g/mol. The van der Waals surface area contributed by atoms with Crippen LogP contribution in [0, 0.1) is 0 Å². The van der Waals surface area contributed by atoms with Gasteiger partial charge in [0.05, 0.1) is 18.4 Å². The molecule has 3 heterocycles. The number of fused-ring (bicyclic) bond motifs is 1. The molecule has 4 rings (SSSR count). The molecule has 3 aromatic rings. The van der Waals surface area contributed by atoms with Gasteiger partial charge in [-0.15, -0.1) is 5.06 Å². The van der Waals surface area contributed by atoms with Gasteiger partial charge in [0.2, 0.25) is 5.95 Å². The molecule has 0 saturated carbocycles. The van der Waals surface area contributed by atoms with Crippen LogP contribution in [0.4, 0.5) is 11.6 Å². The quantitative estimate of drug-likeness (QED) is 0.292. The summed E-state index contributed by atoms with van der Waals surface area (Å²) in [7, 11) is 0. The van der Waals surface area contributed by atoms with Crippen LogP contribution >= 0.6 is 0 Å². The lowest BCUT2D eigenvalue weighted by Gasteiger charge is -2.16. The van der Waals surface area contributed by atoms with Gasteiger partial charge >= 0.3 is 5.97 Å². The number of anilines is 2. The van der Waals surface area contributed by atoms with Gasteiger partial charge in [0.1, 0.15) is 0 Å². The summed E-state index contributed by atoms with van der Waals surface area (Å²) in [4.78, 5) is 78.9. The Balaban J connectivity index is 1.25. The number of nitrogen functional groups attached to an aromatic ring is 1. The predicted molar refractivity (Wildman–Crippen MR) is 129 cm³/mol. The van der Waals surface area contributed by atoms with Crippen molar-refractivity contribution in [1.82, 2.24) is 30.3 Å². The molecule has 0 spiro atoms. The topological polar surface area (TPSA) is 202 Å². The summed E-state index contributed by atoms with van der Waals surface area (Å²) in [6.07, 6.45) is 1.73. The maximum Gasteiger partial charge on any atom is 0.333 e. The molecule has 1 aliphatic rings. The molecule has 0 bridgehead atoms. The van der Waals surface area contributed by atoms with Crippen molar-refractivity contribution in [3.63, 3.8) is 0 Å². The second-order valence-electron chi connectivity index (χ2n) is 8.37. The standard InChI is InChI=1S/C23H24N8O6/c1-12(2-9-18(34)37-31-16(32)7-8-17(31)33)27-21(35)13-3-5-14(6-4-13)25-10-15-11-26-20-19(28-15)22(36)30-23(24)29-20/h3-6,11-12,25H,2,7-10H2,1H3,(H,27,35)(H3,24,26,29,30,36)/t12-/m1/s1. The molecule has 1 aliphatic heterocycles. The molecular formula is C23H24N8O6. The fourth-order valence-electron chi connectivity index (χ4n) is 3.51. The Bertz CT molecular complexity index is 1400. The summed E-state index contributed by atoms with van der Waals surface area (Å²) >= 11 is 0. The molecule has 1 atom stereocenters. The van der Waals surface area contributed by atoms with E-state index in [2.05, 4.69) is 30.6 Å². The second-order valence-corrected chi connectivity index (χ2v) is 8.37. The fourth-order valence-corrected chi connectivity index (χ4v) is 3.51. The van der Waals surface area contributed by atoms with E-state index in [1.807, 2.05) is 0 Å². The zero-order valence-electron chi connectivity index (χ0n) is 19.8. The third-order valence-corrected chi connectivity index (χ3v) is 5.46. The fraction of sp³-hybridized carbons (Fsp3) is 0.304. The van der Waals surface area contributed by atoms with Crippen LogP contribution in [0.3, 0.4) is 0 Å². The number of aromatic nitrogens is 4. The van der Waals surface area contributed by atoms with Crippen LogP contribution in [0.15, 0.2) is 35.3 Å². The molecule has 1 fully saturated rings. The van der Waals surface area contributed by atoms with Gasteiger partial charge in [-0.25, -0.2) is 14.8 Å². The third kappa shape index (κ3) is 6.22. The van der Waals surface area contributed by atoms with Gasteiger partial charge in [-0.3, -0.25) is 24.2 Å². The smallest absolute Gasteiger partial charge is 0.333 e. The largest absolute Gasteiger partial charge is 0.379 e. The van der Waals surface area contributed by atoms with Gasteiger partial charge in [0.25, 0.3) is 23.3 Å². The number of amides is 3. The average molecular weight is 508 g/mol. The van der Waals surface area contributed by atoms with Crippen molar-refractivity contribution >= 4 is 46.5 Å². The Labute approximate surface area is 209 Å². The molecule has 0 unspecified atom stereocenters. The summed E-state index contributed by atoms with van der Waals surface area (Å²) in [5.41, 5.74) is 6.90. The highest BCUT2D eigenvalue weighted by atomic mass is 16.7. The molecule has 0 aliphatic carbocycles. The summed E-state index contributed by atoms with van der Waals surface area (Å²) in [5, 5.41) is 6.42. The van der Waals surface area contributed by atoms with E-state index < -0.39 is 23.3 Å². The van der Waals surface area contributed by atoms with Crippen molar-refractivity contribution in [2.45, 2.75) is 45.2 Å². The molecule has 0 radical (unpaired) electrons. The number of carbonyl (C=O) groups excluding carboxylic acids is 4. The number of carbonyl (C=O) groups is 4. The van der Waals surface area contributed by atoms with Crippen molar-refractivity contribution in [2.75, 3.05) is 11.1 Å². The minimum Gasteiger partial charge on any atom is -0.379 e. The van der Waals surface area contributed by atoms with Crippen LogP contribution in [0.5, 0.6) is 0 Å².